The van der Waals surface area contributed by atoms with Crippen LogP contribution in [0.1, 0.15) is 37.0 Å². The number of alkyl halides is 2. The van der Waals surface area contributed by atoms with E-state index in [1.165, 1.54) is 25.3 Å². The van der Waals surface area contributed by atoms with Crippen LogP contribution in [0.2, 0.25) is 0 Å². The third kappa shape index (κ3) is 5.84. The van der Waals surface area contributed by atoms with Crippen LogP contribution in [0.4, 0.5) is 8.78 Å². The Hall–Kier alpha value is -1.60. The van der Waals surface area contributed by atoms with Gasteiger partial charge in [0.15, 0.2) is 11.5 Å². The van der Waals surface area contributed by atoms with E-state index in [1.807, 2.05) is 13.8 Å². The maximum Gasteiger partial charge on any atom is 0.387 e. The van der Waals surface area contributed by atoms with Gasteiger partial charge in [-0.2, -0.15) is 8.78 Å². The minimum Gasteiger partial charge on any atom is -0.493 e. The van der Waals surface area contributed by atoms with Gasteiger partial charge >= 0.3 is 6.61 Å². The van der Waals surface area contributed by atoms with Gasteiger partial charge in [0.2, 0.25) is 0 Å². The molecule has 0 aromatic heterocycles. The summed E-state index contributed by atoms with van der Waals surface area (Å²) in [5.74, 6) is -0.752. The quantitative estimate of drug-likeness (QED) is 0.754. The molecule has 0 bridgehead atoms. The molecule has 132 valence electrons. The zero-order valence-corrected chi connectivity index (χ0v) is 14.2. The number of nitrogens with one attached hydrogen (secondary N) is 1. The Balaban J connectivity index is 0.00000484. The van der Waals surface area contributed by atoms with Crippen LogP contribution in [0.25, 0.3) is 0 Å². The highest BCUT2D eigenvalue weighted by molar-refractivity contribution is 5.97. The summed E-state index contributed by atoms with van der Waals surface area (Å²) in [7, 11) is 1.31. The Labute approximate surface area is 140 Å². The molecule has 0 heterocycles. The summed E-state index contributed by atoms with van der Waals surface area (Å²) >= 11 is 0. The predicted octanol–water partition coefficient (Wildman–Crippen LogP) is 2.97. The van der Waals surface area contributed by atoms with Gasteiger partial charge in [-0.05, 0) is 25.0 Å². The largest absolute Gasteiger partial charge is 0.493 e. The lowest BCUT2D eigenvalue weighted by atomic mass is 9.94. The first kappa shape index (κ1) is 21.4. The number of amides is 1. The second kappa shape index (κ2) is 9.52. The van der Waals surface area contributed by atoms with Crippen molar-refractivity contribution in [2.45, 2.75) is 38.8 Å². The Bertz CT molecular complexity index is 511. The zero-order valence-electron chi connectivity index (χ0n) is 13.4. The number of halogens is 3. The van der Waals surface area contributed by atoms with Crippen molar-refractivity contribution in [2.75, 3.05) is 13.7 Å². The van der Waals surface area contributed by atoms with Crippen molar-refractivity contribution >= 4 is 18.3 Å². The molecule has 0 aliphatic heterocycles. The Morgan fingerprint density at radius 2 is 1.96 bits per heavy atom. The smallest absolute Gasteiger partial charge is 0.387 e. The SMILES string of the molecule is CCC(N)(CC)CNC(=O)c1cccc(OC)c1OC(F)F.Cl. The summed E-state index contributed by atoms with van der Waals surface area (Å²) in [4.78, 5) is 12.2. The van der Waals surface area contributed by atoms with Gasteiger partial charge in [-0.25, -0.2) is 0 Å². The highest BCUT2D eigenvalue weighted by Gasteiger charge is 2.24. The Morgan fingerprint density at radius 1 is 1.35 bits per heavy atom. The van der Waals surface area contributed by atoms with E-state index in [0.717, 1.165) is 0 Å². The number of carbonyl (C=O) groups excluding carboxylic acids is 1. The lowest BCUT2D eigenvalue weighted by Crippen LogP contribution is -2.49. The molecule has 0 atom stereocenters. The Kier molecular flexibility index (Phi) is 8.86. The predicted molar refractivity (Wildman–Crippen MR) is 86.7 cm³/mol. The molecule has 0 unspecified atom stereocenters. The van der Waals surface area contributed by atoms with E-state index < -0.39 is 18.1 Å². The van der Waals surface area contributed by atoms with Crippen molar-refractivity contribution < 1.29 is 23.0 Å². The minimum absolute atomic E-state index is 0. The van der Waals surface area contributed by atoms with E-state index in [0.29, 0.717) is 12.8 Å². The summed E-state index contributed by atoms with van der Waals surface area (Å²) in [5.41, 5.74) is 5.56. The fourth-order valence-corrected chi connectivity index (χ4v) is 1.92. The van der Waals surface area contributed by atoms with Crippen molar-refractivity contribution in [1.82, 2.24) is 5.32 Å². The number of benzene rings is 1. The van der Waals surface area contributed by atoms with Crippen molar-refractivity contribution in [3.8, 4) is 11.5 Å². The van der Waals surface area contributed by atoms with E-state index in [4.69, 9.17) is 10.5 Å². The van der Waals surface area contributed by atoms with Gasteiger partial charge in [0.25, 0.3) is 5.91 Å². The van der Waals surface area contributed by atoms with Crippen molar-refractivity contribution in [2.24, 2.45) is 5.73 Å². The molecule has 23 heavy (non-hydrogen) atoms. The Morgan fingerprint density at radius 3 is 2.43 bits per heavy atom. The van der Waals surface area contributed by atoms with Crippen LogP contribution in [-0.2, 0) is 0 Å². The monoisotopic (exact) mass is 352 g/mol. The molecule has 5 nitrogen and oxygen atoms in total. The molecule has 0 aliphatic carbocycles. The van der Waals surface area contributed by atoms with Gasteiger partial charge in [-0.3, -0.25) is 4.79 Å². The van der Waals surface area contributed by atoms with Gasteiger partial charge in [0, 0.05) is 12.1 Å². The first-order chi connectivity index (χ1) is 10.4. The molecule has 1 amide bonds. The number of nitrogens with two attached hydrogens (primary N) is 1. The van der Waals surface area contributed by atoms with E-state index in [9.17, 15) is 13.6 Å². The van der Waals surface area contributed by atoms with Gasteiger partial charge in [0.05, 0.1) is 12.7 Å². The number of hydrogen-bond acceptors (Lipinski definition) is 4. The summed E-state index contributed by atoms with van der Waals surface area (Å²) in [6.45, 7) is 1.03. The highest BCUT2D eigenvalue weighted by atomic mass is 35.5. The second-order valence-electron chi connectivity index (χ2n) is 4.97. The van der Waals surface area contributed by atoms with Gasteiger partial charge < -0.3 is 20.5 Å². The number of rotatable bonds is 8. The maximum absolute atomic E-state index is 12.5. The summed E-state index contributed by atoms with van der Waals surface area (Å²) in [5, 5.41) is 2.66. The van der Waals surface area contributed by atoms with Gasteiger partial charge in [-0.1, -0.05) is 19.9 Å². The van der Waals surface area contributed by atoms with Crippen molar-refractivity contribution in [3.63, 3.8) is 0 Å². The molecule has 0 saturated carbocycles. The van der Waals surface area contributed by atoms with Crippen molar-refractivity contribution in [3.05, 3.63) is 23.8 Å². The number of ether oxygens (including phenoxy) is 2. The molecule has 8 heteroatoms. The third-order valence-electron chi connectivity index (χ3n) is 3.66. The highest BCUT2D eigenvalue weighted by Crippen LogP contribution is 2.32. The van der Waals surface area contributed by atoms with Crippen LogP contribution in [0.5, 0.6) is 11.5 Å². The summed E-state index contributed by atoms with van der Waals surface area (Å²) in [6.07, 6.45) is 1.37. The maximum atomic E-state index is 12.5. The first-order valence-corrected chi connectivity index (χ1v) is 7.05. The van der Waals surface area contributed by atoms with Crippen LogP contribution in [0.3, 0.4) is 0 Å². The number of methoxy groups -OCH3 is 1. The molecule has 0 spiro atoms. The number of carbonyl (C=O) groups is 1. The van der Waals surface area contributed by atoms with Crippen LogP contribution < -0.4 is 20.5 Å². The topological polar surface area (TPSA) is 73.6 Å². The van der Waals surface area contributed by atoms with E-state index >= 15 is 0 Å². The normalized spacial score (nSPS) is 10.9. The van der Waals surface area contributed by atoms with Gasteiger partial charge in [-0.15, -0.1) is 12.4 Å². The van der Waals surface area contributed by atoms with Gasteiger partial charge in [0.1, 0.15) is 0 Å². The lowest BCUT2D eigenvalue weighted by Gasteiger charge is -2.27. The molecule has 3 N–H and O–H groups in total. The number of para-hydroxylation sites is 1. The molecule has 0 fully saturated rings. The average molecular weight is 353 g/mol. The van der Waals surface area contributed by atoms with E-state index in [-0.39, 0.29) is 36.0 Å². The molecule has 0 radical (unpaired) electrons. The van der Waals surface area contributed by atoms with Crippen LogP contribution >= 0.6 is 12.4 Å². The van der Waals surface area contributed by atoms with Crippen LogP contribution in [-0.4, -0.2) is 31.7 Å². The second-order valence-corrected chi connectivity index (χ2v) is 4.97. The average Bonchev–Trinajstić information content (AvgIpc) is 2.52. The lowest BCUT2D eigenvalue weighted by molar-refractivity contribution is -0.0515. The summed E-state index contributed by atoms with van der Waals surface area (Å²) in [6, 6.07) is 4.37. The molecular weight excluding hydrogens is 330 g/mol. The molecule has 0 saturated heterocycles. The van der Waals surface area contributed by atoms with Crippen molar-refractivity contribution in [1.29, 1.82) is 0 Å². The third-order valence-corrected chi connectivity index (χ3v) is 3.66. The summed E-state index contributed by atoms with van der Waals surface area (Å²) < 4.78 is 34.5. The molecular formula is C15H23ClF2N2O3. The standard InChI is InChI=1S/C15H22F2N2O3.ClH/c1-4-15(18,5-2)9-19-13(20)10-7-6-8-11(21-3)12(10)22-14(16)17;/h6-8,14H,4-5,9,18H2,1-3H3,(H,19,20);1H. The van der Waals surface area contributed by atoms with Crippen LogP contribution in [0, 0.1) is 0 Å². The molecule has 1 aromatic carbocycles. The number of hydrogen-bond donors (Lipinski definition) is 2. The fourth-order valence-electron chi connectivity index (χ4n) is 1.92. The minimum atomic E-state index is -3.05. The van der Waals surface area contributed by atoms with E-state index in [1.54, 1.807) is 0 Å². The molecule has 0 aliphatic rings. The fraction of sp³-hybridized carbons (Fsp3) is 0.533. The molecule has 1 aromatic rings. The first-order valence-electron chi connectivity index (χ1n) is 7.05. The van der Waals surface area contributed by atoms with Crippen LogP contribution in [0.15, 0.2) is 18.2 Å². The van der Waals surface area contributed by atoms with E-state index in [2.05, 4.69) is 10.1 Å². The molecule has 1 rings (SSSR count). The zero-order chi connectivity index (χ0) is 16.8.